The second-order valence-corrected chi connectivity index (χ2v) is 42.2. The molecule has 8 aromatic heterocycles. The van der Waals surface area contributed by atoms with E-state index < -0.39 is 0 Å². The molecule has 33 rings (SSSR count). The summed E-state index contributed by atoms with van der Waals surface area (Å²) in [5.74, 6) is 0.465. The third-order valence-electron chi connectivity index (χ3n) is 32.3. The number of hydrogen-bond acceptors (Lipinski definition) is 1. The summed E-state index contributed by atoms with van der Waals surface area (Å²) in [4.78, 5) is 3.82. The van der Waals surface area contributed by atoms with Crippen LogP contribution in [0.5, 0.6) is 0 Å². The molecule has 0 saturated heterocycles. The first kappa shape index (κ1) is 85.4. The van der Waals surface area contributed by atoms with Crippen LogP contribution in [0.4, 0.5) is 5.69 Å². The van der Waals surface area contributed by atoms with E-state index in [4.69, 9.17) is 6.57 Å². The van der Waals surface area contributed by atoms with Crippen molar-refractivity contribution in [1.82, 2.24) is 17.6 Å². The van der Waals surface area contributed by atoms with Crippen molar-refractivity contribution in [3.63, 3.8) is 0 Å². The summed E-state index contributed by atoms with van der Waals surface area (Å²) in [6.07, 6.45) is 0. The Morgan fingerprint density at radius 2 is 0.450 bits per heavy atom. The lowest BCUT2D eigenvalue weighted by Gasteiger charge is -2.23. The molecule has 694 valence electrons. The van der Waals surface area contributed by atoms with Crippen molar-refractivity contribution < 1.29 is 0 Å². The number of nitrogens with zero attached hydrogens (tertiary/aromatic N) is 6. The third kappa shape index (κ3) is 13.1. The second-order valence-electron chi connectivity index (χ2n) is 42.2. The van der Waals surface area contributed by atoms with Crippen LogP contribution < -0.4 is 0 Å². The number of benzene rings is 25. The lowest BCUT2D eigenvalue weighted by atomic mass is 9.81. The van der Waals surface area contributed by atoms with Crippen LogP contribution in [-0.4, -0.2) is 17.6 Å². The fraction of sp³-hybridized carbons (Fsp3) is 0.0490. The molecule has 0 saturated carbocycles. The minimum Gasteiger partial charge on any atom is -0.308 e. The summed E-state index contributed by atoms with van der Waals surface area (Å²) >= 11 is 0. The first-order chi connectivity index (χ1) is 73.2. The fourth-order valence-corrected chi connectivity index (χ4v) is 25.5. The Morgan fingerprint density at radius 3 is 0.732 bits per heavy atom. The maximum atomic E-state index is 9.84. The van der Waals surface area contributed by atoms with Crippen molar-refractivity contribution in [1.29, 1.82) is 5.26 Å². The average Bonchev–Trinajstić information content (AvgIpc) is 1.54. The number of nitriles is 1. The van der Waals surface area contributed by atoms with Crippen LogP contribution in [0.2, 0.25) is 0 Å². The van der Waals surface area contributed by atoms with E-state index in [1.54, 1.807) is 0 Å². The molecule has 33 aromatic rings. The number of fused-ring (bicyclic) bond motifs is 32. The highest BCUT2D eigenvalue weighted by molar-refractivity contribution is 6.33. The van der Waals surface area contributed by atoms with E-state index in [0.717, 1.165) is 33.4 Å². The Morgan fingerprint density at radius 1 is 0.215 bits per heavy atom. The molecule has 25 aromatic carbocycles. The Labute approximate surface area is 857 Å². The van der Waals surface area contributed by atoms with Gasteiger partial charge < -0.3 is 17.6 Å². The number of aromatic nitrogens is 4. The van der Waals surface area contributed by atoms with Crippen molar-refractivity contribution >= 4 is 244 Å². The van der Waals surface area contributed by atoms with E-state index in [1.807, 2.05) is 36.4 Å². The summed E-state index contributed by atoms with van der Waals surface area (Å²) in [5.41, 5.74) is 31.2. The largest absolute Gasteiger partial charge is 0.308 e. The third-order valence-corrected chi connectivity index (χ3v) is 32.3. The van der Waals surface area contributed by atoms with Crippen LogP contribution in [0.25, 0.3) is 299 Å². The standard InChI is InChI=1S/C39H22N2.C36H27N.C35H25N.C33H18N2/c40-23-24-14-15-31(25-8-2-1-3-9-25)32(16-24)30-19-35-33-17-26-10-4-6-12-28(26)21-37(33)41-38-22-29-13-7-5-11-27(29)18-34(38)36(20-30)39(35)41;1-36(2,3)32-15-9-8-14-27(32)26-18-30-28-16-22-10-4-6-12-24(22)20-33(28)37-34-21-25-13-7-5-11-23(25)17-29(34)31(19-26)35(30)37;1-21(2)27-13-7-8-14-28(27)26-17-31-29-15-22-9-3-5-11-24(22)19-33(29)36-34-20-25-12-6-4-10-23(25)16-30(34)32(18-26)35(31)36;1-34-30-13-7-6-12-25(30)24-16-28-26-14-20-8-2-4-10-22(20)18-31(26)35-32-19-23-11-5-3-9-21(23)15-27(32)29(17-24)33(28)35/h1-22H;4-21H,1-3H3;3-21H,1-2H3;2-19H. The maximum Gasteiger partial charge on any atom is 0.194 e. The molecule has 0 aliphatic heterocycles. The van der Waals surface area contributed by atoms with Gasteiger partial charge in [0.2, 0.25) is 0 Å². The van der Waals surface area contributed by atoms with Gasteiger partial charge in [-0.25, -0.2) is 4.85 Å². The summed E-state index contributed by atoms with van der Waals surface area (Å²) < 4.78 is 9.92. The van der Waals surface area contributed by atoms with Gasteiger partial charge >= 0.3 is 0 Å². The zero-order valence-electron chi connectivity index (χ0n) is 82.6. The van der Waals surface area contributed by atoms with Crippen LogP contribution in [0, 0.1) is 17.9 Å². The fourth-order valence-electron chi connectivity index (χ4n) is 25.5. The monoisotopic (exact) mass is 1890 g/mol. The molecule has 0 radical (unpaired) electrons. The van der Waals surface area contributed by atoms with Gasteiger partial charge in [0.1, 0.15) is 0 Å². The van der Waals surface area contributed by atoms with Gasteiger partial charge in [0, 0.05) is 86.2 Å². The molecule has 0 unspecified atom stereocenters. The Bertz CT molecular complexity index is 11100. The van der Waals surface area contributed by atoms with E-state index >= 15 is 0 Å². The Hall–Kier alpha value is -19.2. The van der Waals surface area contributed by atoms with E-state index in [2.05, 4.69) is 488 Å². The Kier molecular flexibility index (Phi) is 18.7. The highest BCUT2D eigenvalue weighted by atomic mass is 14.9. The predicted octanol–water partition coefficient (Wildman–Crippen LogP) is 39.8. The minimum absolute atomic E-state index is 0.0597. The molecule has 0 amide bonds. The molecule has 8 heterocycles. The van der Waals surface area contributed by atoms with Gasteiger partial charge in [-0.05, 0) is 322 Å². The van der Waals surface area contributed by atoms with Crippen molar-refractivity contribution in [2.45, 2.75) is 46.0 Å². The van der Waals surface area contributed by atoms with Gasteiger partial charge in [0.15, 0.2) is 5.69 Å². The lowest BCUT2D eigenvalue weighted by Crippen LogP contribution is -2.12. The van der Waals surface area contributed by atoms with Gasteiger partial charge in [-0.3, -0.25) is 0 Å². The zero-order valence-corrected chi connectivity index (χ0v) is 82.6. The topological polar surface area (TPSA) is 45.8 Å². The van der Waals surface area contributed by atoms with Crippen molar-refractivity contribution in [3.05, 3.63) is 489 Å². The molecule has 0 atom stereocenters. The number of hydrogen-bond donors (Lipinski definition) is 0. The molecule has 0 aliphatic rings. The van der Waals surface area contributed by atoms with Crippen LogP contribution >= 0.6 is 0 Å². The smallest absolute Gasteiger partial charge is 0.194 e. The normalized spacial score (nSPS) is 12.2. The van der Waals surface area contributed by atoms with Crippen molar-refractivity contribution in [3.8, 4) is 61.7 Å². The summed E-state index contributed by atoms with van der Waals surface area (Å²) in [6.45, 7) is 19.2. The van der Waals surface area contributed by atoms with E-state index in [0.29, 0.717) is 17.2 Å². The molecular formula is C143H92N6. The maximum absolute atomic E-state index is 9.84. The van der Waals surface area contributed by atoms with Gasteiger partial charge in [0.05, 0.1) is 84.4 Å². The molecule has 0 aliphatic carbocycles. The average molecular weight is 1890 g/mol. The zero-order chi connectivity index (χ0) is 99.0. The molecule has 0 N–H and O–H groups in total. The Balaban J connectivity index is 0.0000000916. The highest BCUT2D eigenvalue weighted by Gasteiger charge is 2.29. The second kappa shape index (κ2) is 32.6. The quantitative estimate of drug-likeness (QED) is 0.153. The molecule has 0 fully saturated rings. The van der Waals surface area contributed by atoms with Crippen LogP contribution in [0.15, 0.2) is 461 Å². The molecule has 0 bridgehead atoms. The van der Waals surface area contributed by atoms with E-state index in [-0.39, 0.29) is 5.41 Å². The minimum atomic E-state index is 0.0597. The van der Waals surface area contributed by atoms with Crippen LogP contribution in [0.1, 0.15) is 57.2 Å². The summed E-state index contributed by atoms with van der Waals surface area (Å²) in [6, 6.07) is 171. The molecule has 149 heavy (non-hydrogen) atoms. The summed E-state index contributed by atoms with van der Waals surface area (Å²) in [5, 5.41) is 50.6. The number of para-hydroxylation sites is 1. The molecule has 0 spiro atoms. The lowest BCUT2D eigenvalue weighted by molar-refractivity contribution is 0.592. The molecule has 6 nitrogen and oxygen atoms in total. The van der Waals surface area contributed by atoms with Crippen LogP contribution in [-0.2, 0) is 5.41 Å². The van der Waals surface area contributed by atoms with Gasteiger partial charge in [-0.15, -0.1) is 0 Å². The molecular weight excluding hydrogens is 1800 g/mol. The predicted molar refractivity (Wildman–Crippen MR) is 635 cm³/mol. The van der Waals surface area contributed by atoms with Crippen LogP contribution in [0.3, 0.4) is 0 Å². The van der Waals surface area contributed by atoms with Crippen molar-refractivity contribution in [2.24, 2.45) is 0 Å². The van der Waals surface area contributed by atoms with Gasteiger partial charge in [-0.1, -0.05) is 338 Å². The first-order valence-electron chi connectivity index (χ1n) is 51.7. The van der Waals surface area contributed by atoms with E-state index in [1.165, 1.54) is 272 Å². The van der Waals surface area contributed by atoms with Gasteiger partial charge in [0.25, 0.3) is 0 Å². The van der Waals surface area contributed by atoms with Crippen molar-refractivity contribution in [2.75, 3.05) is 0 Å². The first-order valence-corrected chi connectivity index (χ1v) is 51.7. The van der Waals surface area contributed by atoms with E-state index in [9.17, 15) is 5.26 Å². The van der Waals surface area contributed by atoms with Gasteiger partial charge in [-0.2, -0.15) is 5.26 Å². The number of rotatable bonds is 6. The molecule has 6 heteroatoms. The summed E-state index contributed by atoms with van der Waals surface area (Å²) in [7, 11) is 0. The highest BCUT2D eigenvalue weighted by Crippen LogP contribution is 2.53. The SMILES string of the molecule is CC(C)(C)c1ccccc1-c1cc2c3cc4ccccc4cc3n3c4cc5ccccc5cc4c(c1)c23.CC(C)c1ccccc1-c1cc2c3cc4ccccc4cc3n3c4cc5ccccc5cc4c(c1)c23.N#Cc1ccc(-c2ccccc2)c(-c2cc3c4cc5ccccc5cc4n4c5cc6ccccc6cc5c(c2)c34)c1.[C-]#[N+]c1ccccc1-c1cc2c3cc4ccccc4cc3n3c4cc5ccccc5cc4c(c1)c23.